The third-order valence-electron chi connectivity index (χ3n) is 4.86. The average molecular weight is 398 g/mol. The summed E-state index contributed by atoms with van der Waals surface area (Å²) >= 11 is 3.27. The second kappa shape index (κ2) is 7.98. The topological polar surface area (TPSA) is 47.8 Å². The Hall–Kier alpha value is -1.92. The number of thioether (sulfide) groups is 1. The smallest absolute Gasteiger partial charge is 0.192 e. The van der Waals surface area contributed by atoms with E-state index in [2.05, 4.69) is 39.2 Å². The van der Waals surface area contributed by atoms with E-state index < -0.39 is 0 Å². The molecule has 1 aliphatic rings. The van der Waals surface area contributed by atoms with Crippen LogP contribution in [-0.4, -0.2) is 25.8 Å². The molecule has 4 nitrogen and oxygen atoms in total. The minimum absolute atomic E-state index is 0.146. The molecule has 4 rings (SSSR count). The lowest BCUT2D eigenvalue weighted by atomic mass is 10.1. The molecule has 2 aromatic heterocycles. The maximum absolute atomic E-state index is 12.8. The first-order valence-electron chi connectivity index (χ1n) is 9.41. The van der Waals surface area contributed by atoms with Gasteiger partial charge in [-0.15, -0.1) is 21.5 Å². The normalized spacial score (nSPS) is 15.0. The van der Waals surface area contributed by atoms with Crippen LogP contribution in [0.1, 0.15) is 59.4 Å². The molecule has 0 amide bonds. The first kappa shape index (κ1) is 18.4. The van der Waals surface area contributed by atoms with Crippen molar-refractivity contribution in [2.75, 3.05) is 0 Å². The van der Waals surface area contributed by atoms with E-state index >= 15 is 0 Å². The Labute approximate surface area is 168 Å². The standard InChI is InChI=1S/C21H23N3OS2/c1-3-15-6-8-16(9-7-15)20(25)14(2)27-21-23-22-19(24(21)17-10-11-17)13-18-5-4-12-26-18/h4-9,12,14,17H,3,10-11,13H2,1-2H3/t14-/m0/s1. The summed E-state index contributed by atoms with van der Waals surface area (Å²) < 4.78 is 2.26. The molecule has 0 bridgehead atoms. The van der Waals surface area contributed by atoms with E-state index in [-0.39, 0.29) is 11.0 Å². The minimum Gasteiger partial charge on any atom is -0.303 e. The highest BCUT2D eigenvalue weighted by atomic mass is 32.2. The van der Waals surface area contributed by atoms with Crippen molar-refractivity contribution in [2.24, 2.45) is 0 Å². The van der Waals surface area contributed by atoms with Gasteiger partial charge in [0.25, 0.3) is 0 Å². The van der Waals surface area contributed by atoms with Crippen LogP contribution in [0.3, 0.4) is 0 Å². The van der Waals surface area contributed by atoms with Gasteiger partial charge >= 0.3 is 0 Å². The molecule has 1 aliphatic carbocycles. The van der Waals surface area contributed by atoms with Gasteiger partial charge in [-0.2, -0.15) is 0 Å². The Morgan fingerprint density at radius 1 is 1.26 bits per heavy atom. The van der Waals surface area contributed by atoms with Crippen molar-refractivity contribution in [1.29, 1.82) is 0 Å². The second-order valence-electron chi connectivity index (χ2n) is 6.93. The number of carbonyl (C=O) groups is 1. The molecule has 0 aliphatic heterocycles. The molecule has 0 spiro atoms. The number of ketones is 1. The number of Topliss-reactive ketones (excluding diaryl/α,β-unsaturated/α-hetero) is 1. The summed E-state index contributed by atoms with van der Waals surface area (Å²) in [4.78, 5) is 14.1. The first-order chi connectivity index (χ1) is 13.2. The summed E-state index contributed by atoms with van der Waals surface area (Å²) in [6, 6.07) is 12.6. The number of nitrogens with zero attached hydrogens (tertiary/aromatic N) is 3. The maximum atomic E-state index is 12.8. The van der Waals surface area contributed by atoms with Crippen molar-refractivity contribution in [3.05, 3.63) is 63.6 Å². The number of hydrogen-bond donors (Lipinski definition) is 0. The molecule has 0 radical (unpaired) electrons. The molecule has 6 heteroatoms. The third kappa shape index (κ3) is 4.17. The second-order valence-corrected chi connectivity index (χ2v) is 9.27. The van der Waals surface area contributed by atoms with Crippen LogP contribution in [-0.2, 0) is 12.8 Å². The van der Waals surface area contributed by atoms with Gasteiger partial charge in [0.15, 0.2) is 10.9 Å². The molecule has 27 heavy (non-hydrogen) atoms. The fraction of sp³-hybridized carbons (Fsp3) is 0.381. The molecule has 1 aromatic carbocycles. The molecular formula is C21H23N3OS2. The van der Waals surface area contributed by atoms with Crippen LogP contribution in [0.2, 0.25) is 0 Å². The van der Waals surface area contributed by atoms with Crippen LogP contribution in [0.5, 0.6) is 0 Å². The van der Waals surface area contributed by atoms with E-state index in [9.17, 15) is 4.79 Å². The number of thiophene rings is 1. The Bertz CT molecular complexity index is 912. The van der Waals surface area contributed by atoms with Gasteiger partial charge in [-0.1, -0.05) is 49.0 Å². The zero-order chi connectivity index (χ0) is 18.8. The summed E-state index contributed by atoms with van der Waals surface area (Å²) in [5, 5.41) is 11.7. The van der Waals surface area contributed by atoms with E-state index in [1.54, 1.807) is 11.3 Å². The predicted molar refractivity (Wildman–Crippen MR) is 111 cm³/mol. The Kier molecular flexibility index (Phi) is 5.45. The molecule has 1 fully saturated rings. The highest BCUT2D eigenvalue weighted by Gasteiger charge is 2.31. The Morgan fingerprint density at radius 2 is 2.04 bits per heavy atom. The fourth-order valence-electron chi connectivity index (χ4n) is 3.13. The van der Waals surface area contributed by atoms with E-state index in [0.717, 1.165) is 29.4 Å². The molecule has 0 N–H and O–H groups in total. The zero-order valence-corrected chi connectivity index (χ0v) is 17.2. The van der Waals surface area contributed by atoms with Crippen LogP contribution in [0.4, 0.5) is 0 Å². The van der Waals surface area contributed by atoms with Gasteiger partial charge in [-0.3, -0.25) is 4.79 Å². The number of carbonyl (C=O) groups excluding carboxylic acids is 1. The molecule has 140 valence electrons. The monoisotopic (exact) mass is 397 g/mol. The van der Waals surface area contributed by atoms with Gasteiger partial charge in [0.1, 0.15) is 5.82 Å². The third-order valence-corrected chi connectivity index (χ3v) is 6.79. The minimum atomic E-state index is -0.186. The zero-order valence-electron chi connectivity index (χ0n) is 15.6. The molecule has 1 atom stereocenters. The largest absolute Gasteiger partial charge is 0.303 e. The number of aromatic nitrogens is 3. The van der Waals surface area contributed by atoms with Gasteiger partial charge in [-0.25, -0.2) is 0 Å². The Morgan fingerprint density at radius 3 is 2.67 bits per heavy atom. The van der Waals surface area contributed by atoms with Gasteiger partial charge in [0, 0.05) is 22.9 Å². The van der Waals surface area contributed by atoms with Crippen molar-refractivity contribution < 1.29 is 4.79 Å². The summed E-state index contributed by atoms with van der Waals surface area (Å²) in [5.41, 5.74) is 2.02. The molecule has 2 heterocycles. The van der Waals surface area contributed by atoms with Crippen molar-refractivity contribution in [1.82, 2.24) is 14.8 Å². The van der Waals surface area contributed by atoms with Crippen LogP contribution in [0.15, 0.2) is 46.9 Å². The molecule has 3 aromatic rings. The molecule has 1 saturated carbocycles. The van der Waals surface area contributed by atoms with Gasteiger partial charge in [-0.05, 0) is 43.2 Å². The molecule has 0 saturated heterocycles. The number of aryl methyl sites for hydroxylation is 1. The molecular weight excluding hydrogens is 374 g/mol. The lowest BCUT2D eigenvalue weighted by Crippen LogP contribution is -2.15. The van der Waals surface area contributed by atoms with Gasteiger partial charge in [0.2, 0.25) is 0 Å². The highest BCUT2D eigenvalue weighted by molar-refractivity contribution is 8.00. The average Bonchev–Trinajstić information content (AvgIpc) is 3.25. The van der Waals surface area contributed by atoms with Crippen LogP contribution < -0.4 is 0 Å². The van der Waals surface area contributed by atoms with E-state index in [0.29, 0.717) is 6.04 Å². The van der Waals surface area contributed by atoms with E-state index in [1.807, 2.05) is 31.2 Å². The van der Waals surface area contributed by atoms with E-state index in [4.69, 9.17) is 0 Å². The Balaban J connectivity index is 1.51. The summed E-state index contributed by atoms with van der Waals surface area (Å²) in [7, 11) is 0. The van der Waals surface area contributed by atoms with Crippen LogP contribution in [0.25, 0.3) is 0 Å². The number of benzene rings is 1. The van der Waals surface area contributed by atoms with Crippen LogP contribution >= 0.6 is 23.1 Å². The number of hydrogen-bond acceptors (Lipinski definition) is 5. The fourth-order valence-corrected chi connectivity index (χ4v) is 4.84. The summed E-state index contributed by atoms with van der Waals surface area (Å²) in [5.74, 6) is 1.15. The van der Waals surface area contributed by atoms with Crippen molar-refractivity contribution in [3.63, 3.8) is 0 Å². The lowest BCUT2D eigenvalue weighted by Gasteiger charge is -2.12. The highest BCUT2D eigenvalue weighted by Crippen LogP contribution is 2.40. The SMILES string of the molecule is CCc1ccc(C(=O)[C@H](C)Sc2nnc(Cc3cccs3)n2C2CC2)cc1. The first-order valence-corrected chi connectivity index (χ1v) is 11.2. The van der Waals surface area contributed by atoms with Crippen molar-refractivity contribution in [3.8, 4) is 0 Å². The maximum Gasteiger partial charge on any atom is 0.192 e. The van der Waals surface area contributed by atoms with Gasteiger partial charge < -0.3 is 4.57 Å². The van der Waals surface area contributed by atoms with Gasteiger partial charge in [0.05, 0.1) is 5.25 Å². The van der Waals surface area contributed by atoms with Crippen LogP contribution in [0, 0.1) is 0 Å². The predicted octanol–water partition coefficient (Wildman–Crippen LogP) is 5.19. The van der Waals surface area contributed by atoms with E-state index in [1.165, 1.54) is 35.0 Å². The lowest BCUT2D eigenvalue weighted by molar-refractivity contribution is 0.0994. The number of rotatable bonds is 8. The van der Waals surface area contributed by atoms with Crippen molar-refractivity contribution >= 4 is 28.9 Å². The van der Waals surface area contributed by atoms with Crippen molar-refractivity contribution in [2.45, 2.75) is 56.0 Å². The summed E-state index contributed by atoms with van der Waals surface area (Å²) in [6.07, 6.45) is 4.13. The summed E-state index contributed by atoms with van der Waals surface area (Å²) in [6.45, 7) is 4.08. The molecule has 0 unspecified atom stereocenters. The quantitative estimate of drug-likeness (QED) is 0.388.